The molecule has 30 heavy (non-hydrogen) atoms. The SMILES string of the molecule is O=C(Nn1c(N2CCCC2)nc2c(F)cccc2c1=O)C1C[C@@H]1c1ccc(Cl)cc1. The summed E-state index contributed by atoms with van der Waals surface area (Å²) >= 11 is 5.94. The Morgan fingerprint density at radius 3 is 2.60 bits per heavy atom. The van der Waals surface area contributed by atoms with E-state index in [4.69, 9.17) is 11.6 Å². The van der Waals surface area contributed by atoms with Gasteiger partial charge in [-0.1, -0.05) is 29.8 Å². The molecule has 2 atom stereocenters. The van der Waals surface area contributed by atoms with Crippen molar-refractivity contribution < 1.29 is 9.18 Å². The lowest BCUT2D eigenvalue weighted by Gasteiger charge is -2.22. The Labute approximate surface area is 177 Å². The molecule has 2 heterocycles. The second-order valence-electron chi connectivity index (χ2n) is 7.86. The summed E-state index contributed by atoms with van der Waals surface area (Å²) in [6.07, 6.45) is 2.62. The first-order valence-corrected chi connectivity index (χ1v) is 10.4. The fourth-order valence-electron chi connectivity index (χ4n) is 4.15. The van der Waals surface area contributed by atoms with Crippen LogP contribution < -0.4 is 15.9 Å². The zero-order chi connectivity index (χ0) is 20.8. The van der Waals surface area contributed by atoms with Crippen molar-refractivity contribution in [2.75, 3.05) is 23.4 Å². The molecule has 154 valence electrons. The maximum atomic E-state index is 14.3. The van der Waals surface area contributed by atoms with Crippen LogP contribution in [0.15, 0.2) is 47.3 Å². The molecule has 0 bridgehead atoms. The van der Waals surface area contributed by atoms with Crippen molar-refractivity contribution in [3.63, 3.8) is 0 Å². The summed E-state index contributed by atoms with van der Waals surface area (Å²) in [5, 5.41) is 0.792. The van der Waals surface area contributed by atoms with Crippen LogP contribution >= 0.6 is 11.6 Å². The zero-order valence-electron chi connectivity index (χ0n) is 16.1. The summed E-state index contributed by atoms with van der Waals surface area (Å²) < 4.78 is 15.5. The number of nitrogens with one attached hydrogen (secondary N) is 1. The number of carbonyl (C=O) groups excluding carboxylic acids is 1. The average Bonchev–Trinajstić information content (AvgIpc) is 3.36. The molecule has 1 aromatic heterocycles. The molecule has 1 N–H and O–H groups in total. The minimum atomic E-state index is -0.548. The number of nitrogens with zero attached hydrogens (tertiary/aromatic N) is 3. The topological polar surface area (TPSA) is 67.2 Å². The van der Waals surface area contributed by atoms with Crippen molar-refractivity contribution >= 4 is 34.4 Å². The molecule has 1 aliphatic carbocycles. The highest BCUT2D eigenvalue weighted by Gasteiger charge is 2.44. The van der Waals surface area contributed by atoms with E-state index in [0.717, 1.165) is 18.4 Å². The van der Waals surface area contributed by atoms with E-state index in [2.05, 4.69) is 10.4 Å². The fourth-order valence-corrected chi connectivity index (χ4v) is 4.28. The highest BCUT2D eigenvalue weighted by molar-refractivity contribution is 6.30. The van der Waals surface area contributed by atoms with Crippen LogP contribution in [0.3, 0.4) is 0 Å². The average molecular weight is 427 g/mol. The molecule has 1 saturated heterocycles. The van der Waals surface area contributed by atoms with Gasteiger partial charge in [0.15, 0.2) is 0 Å². The number of aromatic nitrogens is 2. The second kappa shape index (κ2) is 7.40. The van der Waals surface area contributed by atoms with Crippen molar-refractivity contribution in [1.29, 1.82) is 0 Å². The molecule has 3 aromatic rings. The number of amides is 1. The minimum Gasteiger partial charge on any atom is -0.341 e. The summed E-state index contributed by atoms with van der Waals surface area (Å²) in [6, 6.07) is 11.7. The number of hydrogen-bond acceptors (Lipinski definition) is 4. The largest absolute Gasteiger partial charge is 0.341 e. The van der Waals surface area contributed by atoms with Crippen LogP contribution in [0.25, 0.3) is 10.9 Å². The predicted octanol–water partition coefficient (Wildman–Crippen LogP) is 3.66. The number of para-hydroxylation sites is 1. The molecule has 1 aliphatic heterocycles. The third-order valence-electron chi connectivity index (χ3n) is 5.87. The van der Waals surface area contributed by atoms with Gasteiger partial charge in [-0.3, -0.25) is 15.0 Å². The van der Waals surface area contributed by atoms with Gasteiger partial charge in [0, 0.05) is 24.0 Å². The molecule has 8 heteroatoms. The smallest absolute Gasteiger partial charge is 0.281 e. The lowest BCUT2D eigenvalue weighted by molar-refractivity contribution is -0.118. The van der Waals surface area contributed by atoms with Gasteiger partial charge in [-0.25, -0.2) is 9.37 Å². The highest BCUT2D eigenvalue weighted by Crippen LogP contribution is 2.47. The maximum absolute atomic E-state index is 14.3. The Morgan fingerprint density at radius 1 is 1.13 bits per heavy atom. The highest BCUT2D eigenvalue weighted by atomic mass is 35.5. The summed E-state index contributed by atoms with van der Waals surface area (Å²) in [5.41, 5.74) is 3.35. The molecular weight excluding hydrogens is 407 g/mol. The number of anilines is 1. The molecule has 0 spiro atoms. The van der Waals surface area contributed by atoms with E-state index < -0.39 is 11.4 Å². The first-order valence-electron chi connectivity index (χ1n) is 10.1. The number of rotatable bonds is 4. The van der Waals surface area contributed by atoms with Gasteiger partial charge in [0.2, 0.25) is 11.9 Å². The fraction of sp³-hybridized carbons (Fsp3) is 0.318. The molecule has 1 amide bonds. The first kappa shape index (κ1) is 19.1. The quantitative estimate of drug-likeness (QED) is 0.691. The molecule has 1 unspecified atom stereocenters. The van der Waals surface area contributed by atoms with Crippen LogP contribution in [-0.2, 0) is 4.79 Å². The Bertz CT molecular complexity index is 1190. The monoisotopic (exact) mass is 426 g/mol. The van der Waals surface area contributed by atoms with E-state index in [1.54, 1.807) is 0 Å². The van der Waals surface area contributed by atoms with Crippen LogP contribution in [0.2, 0.25) is 5.02 Å². The van der Waals surface area contributed by atoms with Crippen molar-refractivity contribution in [1.82, 2.24) is 9.66 Å². The molecule has 6 nitrogen and oxygen atoms in total. The Kier molecular flexibility index (Phi) is 4.70. The molecule has 5 rings (SSSR count). The van der Waals surface area contributed by atoms with Gasteiger partial charge >= 0.3 is 0 Å². The second-order valence-corrected chi connectivity index (χ2v) is 8.30. The predicted molar refractivity (Wildman–Crippen MR) is 114 cm³/mol. The zero-order valence-corrected chi connectivity index (χ0v) is 16.9. The van der Waals surface area contributed by atoms with Gasteiger partial charge in [-0.05, 0) is 55.0 Å². The number of benzene rings is 2. The van der Waals surface area contributed by atoms with Crippen molar-refractivity contribution in [3.05, 3.63) is 69.2 Å². The van der Waals surface area contributed by atoms with Crippen LogP contribution in [0, 0.1) is 11.7 Å². The molecule has 0 radical (unpaired) electrons. The summed E-state index contributed by atoms with van der Waals surface area (Å²) in [5.74, 6) is -0.637. The van der Waals surface area contributed by atoms with Gasteiger partial charge in [0.25, 0.3) is 5.56 Å². The summed E-state index contributed by atoms with van der Waals surface area (Å²) in [4.78, 5) is 32.4. The maximum Gasteiger partial charge on any atom is 0.281 e. The van der Waals surface area contributed by atoms with Crippen LogP contribution in [0.1, 0.15) is 30.7 Å². The summed E-state index contributed by atoms with van der Waals surface area (Å²) in [6.45, 7) is 1.41. The van der Waals surface area contributed by atoms with Gasteiger partial charge < -0.3 is 4.90 Å². The van der Waals surface area contributed by atoms with Crippen LogP contribution in [0.5, 0.6) is 0 Å². The minimum absolute atomic E-state index is 0.0281. The van der Waals surface area contributed by atoms with E-state index >= 15 is 0 Å². The van der Waals surface area contributed by atoms with E-state index in [0.29, 0.717) is 24.5 Å². The van der Waals surface area contributed by atoms with Gasteiger partial charge in [0.05, 0.1) is 5.39 Å². The van der Waals surface area contributed by atoms with Crippen LogP contribution in [0.4, 0.5) is 10.3 Å². The first-order chi connectivity index (χ1) is 14.5. The standard InChI is InChI=1S/C22H20ClFN4O2/c23-14-8-6-13(7-9-14)16-12-17(16)20(29)26-28-21(30)15-4-3-5-18(24)19(15)25-22(28)27-10-1-2-11-27/h3-9,16-17H,1-2,10-12H2,(H,26,29)/t16-,17?/m1/s1. The van der Waals surface area contributed by atoms with Crippen molar-refractivity contribution in [2.24, 2.45) is 5.92 Å². The molecule has 2 fully saturated rings. The van der Waals surface area contributed by atoms with E-state index in [-0.39, 0.29) is 34.6 Å². The molecule has 2 aliphatic rings. The molecular formula is C22H20ClFN4O2. The Hall–Kier alpha value is -2.93. The lowest BCUT2D eigenvalue weighted by Crippen LogP contribution is -2.39. The Balaban J connectivity index is 1.48. The number of halogens is 2. The molecule has 1 saturated carbocycles. The number of fused-ring (bicyclic) bond motifs is 1. The third-order valence-corrected chi connectivity index (χ3v) is 6.12. The van der Waals surface area contributed by atoms with Gasteiger partial charge in [-0.2, -0.15) is 4.68 Å². The van der Waals surface area contributed by atoms with Gasteiger partial charge in [0.1, 0.15) is 11.3 Å². The normalized spacial score (nSPS) is 20.5. The van der Waals surface area contributed by atoms with E-state index in [9.17, 15) is 14.0 Å². The lowest BCUT2D eigenvalue weighted by atomic mass is 10.1. The number of carbonyl (C=O) groups is 1. The van der Waals surface area contributed by atoms with Crippen LogP contribution in [-0.4, -0.2) is 28.7 Å². The van der Waals surface area contributed by atoms with Crippen molar-refractivity contribution in [2.45, 2.75) is 25.2 Å². The van der Waals surface area contributed by atoms with Crippen molar-refractivity contribution in [3.8, 4) is 0 Å². The molecule has 2 aromatic carbocycles. The van der Waals surface area contributed by atoms with E-state index in [1.165, 1.54) is 22.9 Å². The van der Waals surface area contributed by atoms with E-state index in [1.807, 2.05) is 29.2 Å². The third kappa shape index (κ3) is 3.33. The Morgan fingerprint density at radius 2 is 1.87 bits per heavy atom. The number of hydrogen-bond donors (Lipinski definition) is 1. The van der Waals surface area contributed by atoms with Gasteiger partial charge in [-0.15, -0.1) is 0 Å². The summed E-state index contributed by atoms with van der Waals surface area (Å²) in [7, 11) is 0.